The number of rotatable bonds is 3. The third kappa shape index (κ3) is 2.46. The van der Waals surface area contributed by atoms with Crippen molar-refractivity contribution in [2.24, 2.45) is 0 Å². The maximum atomic E-state index is 6.04. The molecule has 1 aromatic heterocycles. The predicted octanol–water partition coefficient (Wildman–Crippen LogP) is 2.93. The zero-order chi connectivity index (χ0) is 13.3. The van der Waals surface area contributed by atoms with Gasteiger partial charge < -0.3 is 14.5 Å². The van der Waals surface area contributed by atoms with Gasteiger partial charge in [-0.1, -0.05) is 12.2 Å². The summed E-state index contributed by atoms with van der Waals surface area (Å²) in [6.07, 6.45) is 1.68. The van der Waals surface area contributed by atoms with Gasteiger partial charge in [0, 0.05) is 55.4 Å². The first kappa shape index (κ1) is 13.5. The Morgan fingerprint density at radius 1 is 1.42 bits per heavy atom. The van der Waals surface area contributed by atoms with E-state index in [-0.39, 0.29) is 5.60 Å². The summed E-state index contributed by atoms with van der Waals surface area (Å²) in [5.74, 6) is 2.86. The summed E-state index contributed by atoms with van der Waals surface area (Å²) in [5.41, 5.74) is 2.08. The molecule has 0 bridgehead atoms. The smallest absolute Gasteiger partial charge is 0.140 e. The molecule has 2 aliphatic heterocycles. The van der Waals surface area contributed by atoms with Crippen molar-refractivity contribution in [1.29, 1.82) is 0 Å². The van der Waals surface area contributed by atoms with E-state index >= 15 is 0 Å². The monoisotopic (exact) mass is 298 g/mol. The Kier molecular flexibility index (Phi) is 3.93. The van der Waals surface area contributed by atoms with E-state index in [0.717, 1.165) is 34.8 Å². The molecule has 6 heteroatoms. The summed E-state index contributed by atoms with van der Waals surface area (Å²) in [6, 6.07) is 0. The minimum atomic E-state index is -0.344. The second-order valence-corrected chi connectivity index (χ2v) is 6.25. The molecule has 1 fully saturated rings. The van der Waals surface area contributed by atoms with E-state index in [1.54, 1.807) is 0 Å². The van der Waals surface area contributed by atoms with Crippen LogP contribution in [0.4, 0.5) is 0 Å². The summed E-state index contributed by atoms with van der Waals surface area (Å²) in [6.45, 7) is 4.13. The first-order chi connectivity index (χ1) is 9.25. The van der Waals surface area contributed by atoms with Crippen molar-refractivity contribution in [3.05, 3.63) is 21.7 Å². The van der Waals surface area contributed by atoms with Crippen LogP contribution >= 0.6 is 24.0 Å². The summed E-state index contributed by atoms with van der Waals surface area (Å²) in [5, 5.41) is 0. The highest BCUT2D eigenvalue weighted by Gasteiger charge is 2.38. The molecule has 1 saturated heterocycles. The van der Waals surface area contributed by atoms with Gasteiger partial charge in [0.2, 0.25) is 0 Å². The Bertz CT molecular complexity index is 518. The van der Waals surface area contributed by atoms with Crippen molar-refractivity contribution in [2.75, 3.05) is 19.8 Å². The van der Waals surface area contributed by atoms with E-state index in [4.69, 9.17) is 21.7 Å². The van der Waals surface area contributed by atoms with Crippen molar-refractivity contribution in [1.82, 2.24) is 9.97 Å². The van der Waals surface area contributed by atoms with Gasteiger partial charge in [0.25, 0.3) is 0 Å². The lowest BCUT2D eigenvalue weighted by Gasteiger charge is -2.36. The first-order valence-corrected chi connectivity index (χ1v) is 8.23. The minimum absolute atomic E-state index is 0.344. The van der Waals surface area contributed by atoms with Gasteiger partial charge in [-0.2, -0.15) is 11.8 Å². The van der Waals surface area contributed by atoms with Crippen LogP contribution in [0.15, 0.2) is 0 Å². The average Bonchev–Trinajstić information content (AvgIpc) is 2.89. The molecule has 0 spiro atoms. The molecule has 3 heterocycles. The van der Waals surface area contributed by atoms with E-state index in [1.807, 2.05) is 18.7 Å². The van der Waals surface area contributed by atoms with Crippen molar-refractivity contribution < 1.29 is 9.47 Å². The summed E-state index contributed by atoms with van der Waals surface area (Å²) in [7, 11) is 0. The average molecular weight is 298 g/mol. The fraction of sp³-hybridized carbons (Fsp3) is 0.692. The van der Waals surface area contributed by atoms with Gasteiger partial charge in [-0.3, -0.25) is 0 Å². The van der Waals surface area contributed by atoms with Crippen molar-refractivity contribution in [3.8, 4) is 0 Å². The molecule has 0 radical (unpaired) electrons. The molecular formula is C13H18N2O2S2. The Labute approximate surface area is 122 Å². The predicted molar refractivity (Wildman–Crippen MR) is 77.8 cm³/mol. The molecular weight excluding hydrogens is 280 g/mol. The molecule has 0 saturated carbocycles. The second kappa shape index (κ2) is 5.52. The molecule has 2 aliphatic rings. The standard InChI is InChI=1S/C13H18N2O2S2/c1-2-17-13(3-5-16-6-4-13)12-14-10-8-19-7-9(10)11(18)15-12/h2-8H2,1H3,(H,14,15,18). The SMILES string of the molecule is CCOC1(c2nc(=S)c3c([nH]2)CSC3)CCOCC1. The Morgan fingerprint density at radius 3 is 2.95 bits per heavy atom. The molecule has 0 amide bonds. The lowest BCUT2D eigenvalue weighted by Crippen LogP contribution is -2.38. The van der Waals surface area contributed by atoms with Gasteiger partial charge in [0.1, 0.15) is 16.1 Å². The second-order valence-electron chi connectivity index (χ2n) is 4.88. The Balaban J connectivity index is 2.03. The number of thioether (sulfide) groups is 1. The molecule has 19 heavy (non-hydrogen) atoms. The number of H-pyrrole nitrogens is 1. The minimum Gasteiger partial charge on any atom is -0.381 e. The van der Waals surface area contributed by atoms with Crippen molar-refractivity contribution >= 4 is 24.0 Å². The normalized spacial score (nSPS) is 21.3. The van der Waals surface area contributed by atoms with Gasteiger partial charge in [-0.05, 0) is 6.92 Å². The quantitative estimate of drug-likeness (QED) is 0.869. The van der Waals surface area contributed by atoms with Crippen LogP contribution in [0.2, 0.25) is 0 Å². The van der Waals surface area contributed by atoms with Crippen LogP contribution in [0, 0.1) is 4.64 Å². The van der Waals surface area contributed by atoms with E-state index in [0.29, 0.717) is 19.8 Å². The summed E-state index contributed by atoms with van der Waals surface area (Å²) in [4.78, 5) is 8.11. The van der Waals surface area contributed by atoms with Crippen molar-refractivity contribution in [3.63, 3.8) is 0 Å². The third-order valence-electron chi connectivity index (χ3n) is 3.75. The fourth-order valence-electron chi connectivity index (χ4n) is 2.71. The van der Waals surface area contributed by atoms with Crippen LogP contribution < -0.4 is 0 Å². The summed E-state index contributed by atoms with van der Waals surface area (Å²) >= 11 is 7.32. The molecule has 4 nitrogen and oxygen atoms in total. The van der Waals surface area contributed by atoms with Crippen LogP contribution in [0.1, 0.15) is 36.8 Å². The van der Waals surface area contributed by atoms with Gasteiger partial charge >= 0.3 is 0 Å². The zero-order valence-corrected chi connectivity index (χ0v) is 12.7. The van der Waals surface area contributed by atoms with E-state index in [9.17, 15) is 0 Å². The van der Waals surface area contributed by atoms with E-state index in [1.165, 1.54) is 11.3 Å². The van der Waals surface area contributed by atoms with Crippen molar-refractivity contribution in [2.45, 2.75) is 36.9 Å². The van der Waals surface area contributed by atoms with Gasteiger partial charge in [-0.15, -0.1) is 0 Å². The third-order valence-corrected chi connectivity index (χ3v) is 5.07. The fourth-order valence-corrected chi connectivity index (χ4v) is 4.16. The highest BCUT2D eigenvalue weighted by Crippen LogP contribution is 2.36. The molecule has 0 unspecified atom stereocenters. The Morgan fingerprint density at radius 2 is 2.21 bits per heavy atom. The lowest BCUT2D eigenvalue weighted by atomic mass is 9.92. The molecule has 104 valence electrons. The van der Waals surface area contributed by atoms with Gasteiger partial charge in [-0.25, -0.2) is 4.98 Å². The number of nitrogens with one attached hydrogen (secondary N) is 1. The topological polar surface area (TPSA) is 47.1 Å². The molecule has 0 aromatic carbocycles. The molecule has 0 atom stereocenters. The van der Waals surface area contributed by atoms with Crippen LogP contribution in [0.5, 0.6) is 0 Å². The maximum Gasteiger partial charge on any atom is 0.140 e. The highest BCUT2D eigenvalue weighted by molar-refractivity contribution is 7.98. The lowest BCUT2D eigenvalue weighted by molar-refractivity contribution is -0.118. The zero-order valence-electron chi connectivity index (χ0n) is 11.0. The maximum absolute atomic E-state index is 6.04. The first-order valence-electron chi connectivity index (χ1n) is 6.67. The number of nitrogens with zero attached hydrogens (tertiary/aromatic N) is 1. The number of hydrogen-bond donors (Lipinski definition) is 1. The molecule has 1 aromatic rings. The van der Waals surface area contributed by atoms with E-state index < -0.39 is 0 Å². The van der Waals surface area contributed by atoms with E-state index in [2.05, 4.69) is 9.97 Å². The molecule has 0 aliphatic carbocycles. The van der Waals surface area contributed by atoms with Crippen LogP contribution in [-0.4, -0.2) is 29.8 Å². The number of aromatic nitrogens is 2. The highest BCUT2D eigenvalue weighted by atomic mass is 32.2. The number of fused-ring (bicyclic) bond motifs is 1. The number of aromatic amines is 1. The Hall–Kier alpha value is -0.430. The summed E-state index contributed by atoms with van der Waals surface area (Å²) < 4.78 is 12.2. The number of ether oxygens (including phenoxy) is 2. The van der Waals surface area contributed by atoms with Gasteiger partial charge in [0.05, 0.1) is 0 Å². The van der Waals surface area contributed by atoms with Crippen LogP contribution in [0.3, 0.4) is 0 Å². The van der Waals surface area contributed by atoms with Crippen LogP contribution in [0.25, 0.3) is 0 Å². The van der Waals surface area contributed by atoms with Gasteiger partial charge in [0.15, 0.2) is 0 Å². The number of hydrogen-bond acceptors (Lipinski definition) is 5. The molecule has 3 rings (SSSR count). The molecule has 1 N–H and O–H groups in total. The van der Waals surface area contributed by atoms with Crippen LogP contribution in [-0.2, 0) is 26.6 Å². The largest absolute Gasteiger partial charge is 0.381 e.